The molecule has 0 aliphatic heterocycles. The molecule has 0 saturated heterocycles. The maximum atomic E-state index is 12.4. The fourth-order valence-electron chi connectivity index (χ4n) is 2.97. The number of carbonyl (C=O) groups is 1. The summed E-state index contributed by atoms with van der Waals surface area (Å²) in [5, 5.41) is 3.38. The van der Waals surface area contributed by atoms with E-state index in [2.05, 4.69) is 12.2 Å². The van der Waals surface area contributed by atoms with Gasteiger partial charge in [-0.25, -0.2) is 0 Å². The van der Waals surface area contributed by atoms with Crippen molar-refractivity contribution in [2.75, 3.05) is 6.54 Å². The number of nitrogens with one attached hydrogen (secondary N) is 1. The number of Topliss-reactive ketones (excluding diaryl/α,β-unsaturated/α-hetero) is 1. The van der Waals surface area contributed by atoms with Crippen molar-refractivity contribution < 1.29 is 4.79 Å². The van der Waals surface area contributed by atoms with Gasteiger partial charge in [-0.2, -0.15) is 0 Å². The Morgan fingerprint density at radius 1 is 1.22 bits per heavy atom. The quantitative estimate of drug-likeness (QED) is 0.777. The van der Waals surface area contributed by atoms with Gasteiger partial charge in [0.15, 0.2) is 5.78 Å². The third-order valence-corrected chi connectivity index (χ3v) is 4.09. The van der Waals surface area contributed by atoms with Crippen molar-refractivity contribution in [2.45, 2.75) is 78.7 Å². The van der Waals surface area contributed by atoms with Crippen molar-refractivity contribution >= 4 is 5.78 Å². The van der Waals surface area contributed by atoms with E-state index in [1.165, 1.54) is 38.5 Å². The van der Waals surface area contributed by atoms with Crippen LogP contribution in [-0.2, 0) is 4.79 Å². The number of ketones is 1. The minimum Gasteiger partial charge on any atom is -0.308 e. The van der Waals surface area contributed by atoms with Gasteiger partial charge >= 0.3 is 0 Å². The Morgan fingerprint density at radius 3 is 2.33 bits per heavy atom. The summed E-state index contributed by atoms with van der Waals surface area (Å²) in [5.41, 5.74) is -0.223. The average molecular weight is 253 g/mol. The Bertz CT molecular complexity index is 248. The average Bonchev–Trinajstić information content (AvgIpc) is 2.34. The smallest absolute Gasteiger partial charge is 0.155 e. The summed E-state index contributed by atoms with van der Waals surface area (Å²) < 4.78 is 0. The van der Waals surface area contributed by atoms with Crippen LogP contribution in [-0.4, -0.2) is 18.4 Å². The highest BCUT2D eigenvalue weighted by Crippen LogP contribution is 2.28. The first kappa shape index (κ1) is 15.7. The third-order valence-electron chi connectivity index (χ3n) is 4.09. The second-order valence-electron chi connectivity index (χ2n) is 6.81. The van der Waals surface area contributed by atoms with E-state index in [1.54, 1.807) is 0 Å². The first-order valence-corrected chi connectivity index (χ1v) is 7.73. The summed E-state index contributed by atoms with van der Waals surface area (Å²) in [6.07, 6.45) is 9.20. The molecule has 2 nitrogen and oxygen atoms in total. The van der Waals surface area contributed by atoms with Gasteiger partial charge in [-0.1, -0.05) is 59.8 Å². The lowest BCUT2D eigenvalue weighted by Crippen LogP contribution is -2.43. The summed E-state index contributed by atoms with van der Waals surface area (Å²) >= 11 is 0. The predicted octanol–water partition coefficient (Wildman–Crippen LogP) is 3.94. The Balaban J connectivity index is 2.44. The van der Waals surface area contributed by atoms with E-state index in [1.807, 2.05) is 20.8 Å². The van der Waals surface area contributed by atoms with E-state index < -0.39 is 0 Å². The van der Waals surface area contributed by atoms with Crippen LogP contribution in [0.3, 0.4) is 0 Å². The van der Waals surface area contributed by atoms with Crippen molar-refractivity contribution in [1.29, 1.82) is 0 Å². The minimum absolute atomic E-state index is 0.0666. The predicted molar refractivity (Wildman–Crippen MR) is 77.7 cm³/mol. The summed E-state index contributed by atoms with van der Waals surface area (Å²) in [4.78, 5) is 12.4. The van der Waals surface area contributed by atoms with Gasteiger partial charge in [0, 0.05) is 5.41 Å². The third kappa shape index (κ3) is 5.09. The van der Waals surface area contributed by atoms with Gasteiger partial charge in [0.2, 0.25) is 0 Å². The lowest BCUT2D eigenvalue weighted by molar-refractivity contribution is -0.128. The topological polar surface area (TPSA) is 29.1 Å². The molecule has 0 spiro atoms. The normalized spacial score (nSPS) is 19.8. The molecule has 0 aromatic heterocycles. The van der Waals surface area contributed by atoms with E-state index in [-0.39, 0.29) is 11.5 Å². The molecular formula is C16H31NO. The maximum Gasteiger partial charge on any atom is 0.155 e. The lowest BCUT2D eigenvalue weighted by atomic mass is 9.81. The van der Waals surface area contributed by atoms with E-state index in [9.17, 15) is 4.79 Å². The Labute approximate surface area is 113 Å². The van der Waals surface area contributed by atoms with E-state index in [4.69, 9.17) is 0 Å². The fraction of sp³-hybridized carbons (Fsp3) is 0.938. The molecule has 18 heavy (non-hydrogen) atoms. The van der Waals surface area contributed by atoms with Gasteiger partial charge in [0.25, 0.3) is 0 Å². The highest BCUT2D eigenvalue weighted by atomic mass is 16.1. The van der Waals surface area contributed by atoms with Gasteiger partial charge in [-0.05, 0) is 25.3 Å². The van der Waals surface area contributed by atoms with Crippen molar-refractivity contribution in [2.24, 2.45) is 11.3 Å². The van der Waals surface area contributed by atoms with Crippen LogP contribution >= 0.6 is 0 Å². The van der Waals surface area contributed by atoms with Crippen molar-refractivity contribution in [3.05, 3.63) is 0 Å². The van der Waals surface area contributed by atoms with E-state index >= 15 is 0 Å². The highest BCUT2D eigenvalue weighted by molar-refractivity contribution is 5.88. The maximum absolute atomic E-state index is 12.4. The van der Waals surface area contributed by atoms with Crippen LogP contribution in [0.5, 0.6) is 0 Å². The van der Waals surface area contributed by atoms with Crippen molar-refractivity contribution in [1.82, 2.24) is 5.32 Å². The highest BCUT2D eigenvalue weighted by Gasteiger charge is 2.29. The molecule has 0 radical (unpaired) electrons. The van der Waals surface area contributed by atoms with Crippen LogP contribution in [0.15, 0.2) is 0 Å². The SMILES string of the molecule is CCNC(CCC1CCCCC1)C(=O)C(C)(C)C. The molecule has 1 rings (SSSR count). The molecule has 1 atom stereocenters. The summed E-state index contributed by atoms with van der Waals surface area (Å²) in [5.74, 6) is 1.24. The zero-order valence-electron chi connectivity index (χ0n) is 12.7. The van der Waals surface area contributed by atoms with Gasteiger partial charge in [0.1, 0.15) is 0 Å². The number of rotatable bonds is 6. The summed E-state index contributed by atoms with van der Waals surface area (Å²) in [6, 6.07) is 0.0666. The standard InChI is InChI=1S/C16H31NO/c1-5-17-14(15(18)16(2,3)4)12-11-13-9-7-6-8-10-13/h13-14,17H,5-12H2,1-4H3. The molecule has 1 fully saturated rings. The van der Waals surface area contributed by atoms with E-state index in [0.29, 0.717) is 5.78 Å². The number of hydrogen-bond acceptors (Lipinski definition) is 2. The molecule has 1 aliphatic rings. The number of carbonyl (C=O) groups excluding carboxylic acids is 1. The number of hydrogen-bond donors (Lipinski definition) is 1. The van der Waals surface area contributed by atoms with Crippen LogP contribution in [0.25, 0.3) is 0 Å². The van der Waals surface area contributed by atoms with Crippen molar-refractivity contribution in [3.8, 4) is 0 Å². The lowest BCUT2D eigenvalue weighted by Gasteiger charge is -2.28. The van der Waals surface area contributed by atoms with Gasteiger partial charge in [-0.3, -0.25) is 4.79 Å². The van der Waals surface area contributed by atoms with E-state index in [0.717, 1.165) is 18.9 Å². The molecule has 1 N–H and O–H groups in total. The Hall–Kier alpha value is -0.370. The molecule has 2 heteroatoms. The second-order valence-corrected chi connectivity index (χ2v) is 6.81. The molecule has 1 saturated carbocycles. The molecule has 0 aromatic carbocycles. The summed E-state index contributed by atoms with van der Waals surface area (Å²) in [7, 11) is 0. The number of likely N-dealkylation sites (N-methyl/N-ethyl adjacent to an activating group) is 1. The van der Waals surface area contributed by atoms with Gasteiger partial charge < -0.3 is 5.32 Å². The van der Waals surface area contributed by atoms with Crippen LogP contribution < -0.4 is 5.32 Å². The monoisotopic (exact) mass is 253 g/mol. The molecule has 0 amide bonds. The fourth-order valence-corrected chi connectivity index (χ4v) is 2.97. The zero-order valence-corrected chi connectivity index (χ0v) is 12.7. The second kappa shape index (κ2) is 7.28. The molecular weight excluding hydrogens is 222 g/mol. The van der Waals surface area contributed by atoms with Crippen LogP contribution in [0.1, 0.15) is 72.6 Å². The molecule has 0 heterocycles. The molecule has 0 aromatic rings. The van der Waals surface area contributed by atoms with Crippen LogP contribution in [0.4, 0.5) is 0 Å². The zero-order chi connectivity index (χ0) is 13.6. The van der Waals surface area contributed by atoms with Crippen molar-refractivity contribution in [3.63, 3.8) is 0 Å². The van der Waals surface area contributed by atoms with Gasteiger partial charge in [0.05, 0.1) is 6.04 Å². The Morgan fingerprint density at radius 2 is 1.83 bits per heavy atom. The Kier molecular flexibility index (Phi) is 6.34. The summed E-state index contributed by atoms with van der Waals surface area (Å²) in [6.45, 7) is 9.06. The van der Waals surface area contributed by atoms with Crippen LogP contribution in [0, 0.1) is 11.3 Å². The van der Waals surface area contributed by atoms with Gasteiger partial charge in [-0.15, -0.1) is 0 Å². The molecule has 0 bridgehead atoms. The first-order chi connectivity index (χ1) is 8.45. The first-order valence-electron chi connectivity index (χ1n) is 7.73. The molecule has 1 unspecified atom stereocenters. The minimum atomic E-state index is -0.223. The molecule has 106 valence electrons. The molecule has 1 aliphatic carbocycles. The largest absolute Gasteiger partial charge is 0.308 e. The van der Waals surface area contributed by atoms with Crippen LogP contribution in [0.2, 0.25) is 0 Å².